The van der Waals surface area contributed by atoms with E-state index < -0.39 is 7.12 Å². The van der Waals surface area contributed by atoms with Gasteiger partial charge in [-0.05, 0) is 17.6 Å². The van der Waals surface area contributed by atoms with Crippen LogP contribution in [-0.4, -0.2) is 26.7 Å². The van der Waals surface area contributed by atoms with E-state index in [2.05, 4.69) is 4.98 Å². The Hall–Kier alpha value is -1.59. The molecule has 1 heterocycles. The van der Waals surface area contributed by atoms with Gasteiger partial charge < -0.3 is 14.6 Å². The van der Waals surface area contributed by atoms with Crippen LogP contribution in [0.2, 0.25) is 0 Å². The molecule has 0 radical (unpaired) electrons. The summed E-state index contributed by atoms with van der Waals surface area (Å²) in [6, 6.07) is 6.94. The molecule has 5 heteroatoms. The minimum absolute atomic E-state index is 0.480. The zero-order chi connectivity index (χ0) is 9.97. The highest BCUT2D eigenvalue weighted by Gasteiger charge is 2.09. The first-order valence-corrected chi connectivity index (χ1v) is 4.22. The lowest BCUT2D eigenvalue weighted by atomic mass is 9.80. The van der Waals surface area contributed by atoms with Crippen LogP contribution in [-0.2, 0) is 0 Å². The van der Waals surface area contributed by atoms with Crippen molar-refractivity contribution in [2.75, 3.05) is 0 Å². The second-order valence-electron chi connectivity index (χ2n) is 2.94. The van der Waals surface area contributed by atoms with E-state index >= 15 is 0 Å². The third-order valence-electron chi connectivity index (χ3n) is 1.99. The Balaban J connectivity index is 2.31. The minimum Gasteiger partial charge on any atom is -0.423 e. The number of imidazole rings is 1. The second kappa shape index (κ2) is 3.65. The molecular weight excluding hydrogens is 179 g/mol. The summed E-state index contributed by atoms with van der Waals surface area (Å²) in [5, 5.41) is 17.8. The summed E-state index contributed by atoms with van der Waals surface area (Å²) in [5.74, 6) is 0. The van der Waals surface area contributed by atoms with Crippen molar-refractivity contribution in [1.29, 1.82) is 0 Å². The van der Waals surface area contributed by atoms with Gasteiger partial charge in [0, 0.05) is 18.1 Å². The van der Waals surface area contributed by atoms with E-state index in [4.69, 9.17) is 10.0 Å². The van der Waals surface area contributed by atoms with Crippen molar-refractivity contribution in [2.24, 2.45) is 0 Å². The van der Waals surface area contributed by atoms with E-state index in [1.807, 2.05) is 10.8 Å². The van der Waals surface area contributed by atoms with Crippen LogP contribution in [0.4, 0.5) is 0 Å². The molecule has 0 fully saturated rings. The first-order chi connectivity index (χ1) is 6.77. The maximum absolute atomic E-state index is 8.88. The molecule has 14 heavy (non-hydrogen) atoms. The molecular formula is C9H9BN2O2. The molecule has 0 aliphatic carbocycles. The molecule has 0 aliphatic heterocycles. The zero-order valence-corrected chi connectivity index (χ0v) is 7.41. The molecule has 0 unspecified atom stereocenters. The highest BCUT2D eigenvalue weighted by molar-refractivity contribution is 6.58. The van der Waals surface area contributed by atoms with E-state index in [0.717, 1.165) is 5.69 Å². The summed E-state index contributed by atoms with van der Waals surface area (Å²) in [7, 11) is -1.41. The van der Waals surface area contributed by atoms with E-state index in [1.54, 1.807) is 36.8 Å². The van der Waals surface area contributed by atoms with Gasteiger partial charge in [-0.2, -0.15) is 0 Å². The Kier molecular flexibility index (Phi) is 2.34. The molecule has 1 aromatic heterocycles. The summed E-state index contributed by atoms with van der Waals surface area (Å²) in [6.45, 7) is 0. The quantitative estimate of drug-likeness (QED) is 0.627. The highest BCUT2D eigenvalue weighted by atomic mass is 16.4. The lowest BCUT2D eigenvalue weighted by molar-refractivity contribution is 0.426. The molecule has 0 saturated heterocycles. The Morgan fingerprint density at radius 2 is 1.86 bits per heavy atom. The molecule has 2 aromatic rings. The minimum atomic E-state index is -1.41. The Bertz CT molecular complexity index is 397. The third kappa shape index (κ3) is 1.68. The van der Waals surface area contributed by atoms with Gasteiger partial charge in [0.2, 0.25) is 0 Å². The van der Waals surface area contributed by atoms with Crippen LogP contribution >= 0.6 is 0 Å². The van der Waals surface area contributed by atoms with Gasteiger partial charge in [0.25, 0.3) is 0 Å². The molecule has 0 bridgehead atoms. The van der Waals surface area contributed by atoms with Crippen molar-refractivity contribution in [1.82, 2.24) is 9.55 Å². The number of nitrogens with zero attached hydrogens (tertiary/aromatic N) is 2. The Morgan fingerprint density at radius 1 is 1.14 bits per heavy atom. The third-order valence-corrected chi connectivity index (χ3v) is 1.99. The number of hydrogen-bond acceptors (Lipinski definition) is 3. The van der Waals surface area contributed by atoms with Gasteiger partial charge >= 0.3 is 7.12 Å². The second-order valence-corrected chi connectivity index (χ2v) is 2.94. The predicted octanol–water partition coefficient (Wildman–Crippen LogP) is -0.448. The lowest BCUT2D eigenvalue weighted by Gasteiger charge is -2.03. The Morgan fingerprint density at radius 3 is 2.36 bits per heavy atom. The van der Waals surface area contributed by atoms with E-state index in [0.29, 0.717) is 5.46 Å². The Labute approximate surface area is 81.6 Å². The van der Waals surface area contributed by atoms with Crippen molar-refractivity contribution in [2.45, 2.75) is 0 Å². The summed E-state index contributed by atoms with van der Waals surface area (Å²) < 4.78 is 1.84. The van der Waals surface area contributed by atoms with Crippen LogP contribution in [0.5, 0.6) is 0 Å². The van der Waals surface area contributed by atoms with Gasteiger partial charge in [0.1, 0.15) is 0 Å². The van der Waals surface area contributed by atoms with Gasteiger partial charge in [0.05, 0.1) is 6.33 Å². The molecule has 0 atom stereocenters. The maximum Gasteiger partial charge on any atom is 0.488 e. The summed E-state index contributed by atoms with van der Waals surface area (Å²) in [4.78, 5) is 3.92. The average molecular weight is 188 g/mol. The van der Waals surface area contributed by atoms with Crippen molar-refractivity contribution in [3.63, 3.8) is 0 Å². The van der Waals surface area contributed by atoms with Crippen molar-refractivity contribution < 1.29 is 10.0 Å². The van der Waals surface area contributed by atoms with Crippen molar-refractivity contribution >= 4 is 12.6 Å². The van der Waals surface area contributed by atoms with Gasteiger partial charge in [0.15, 0.2) is 0 Å². The number of benzene rings is 1. The van der Waals surface area contributed by atoms with Gasteiger partial charge in [-0.1, -0.05) is 12.1 Å². The number of hydrogen-bond donors (Lipinski definition) is 2. The SMILES string of the molecule is OB(O)c1ccc(-n2ccnc2)cc1. The van der Waals surface area contributed by atoms with Crippen molar-refractivity contribution in [3.8, 4) is 5.69 Å². The molecule has 4 nitrogen and oxygen atoms in total. The van der Waals surface area contributed by atoms with Crippen LogP contribution in [0.1, 0.15) is 0 Å². The van der Waals surface area contributed by atoms with E-state index in [9.17, 15) is 0 Å². The van der Waals surface area contributed by atoms with Crippen LogP contribution in [0, 0.1) is 0 Å². The van der Waals surface area contributed by atoms with Crippen molar-refractivity contribution in [3.05, 3.63) is 43.0 Å². The van der Waals surface area contributed by atoms with Crippen LogP contribution < -0.4 is 5.46 Å². The van der Waals surface area contributed by atoms with E-state index in [1.165, 1.54) is 0 Å². The molecule has 0 saturated carbocycles. The number of aromatic nitrogens is 2. The maximum atomic E-state index is 8.88. The molecule has 70 valence electrons. The first kappa shape index (κ1) is 8.99. The van der Waals surface area contributed by atoms with Crippen LogP contribution in [0.3, 0.4) is 0 Å². The molecule has 2 N–H and O–H groups in total. The zero-order valence-electron chi connectivity index (χ0n) is 7.41. The predicted molar refractivity (Wildman–Crippen MR) is 53.4 cm³/mol. The molecule has 0 amide bonds. The fourth-order valence-electron chi connectivity index (χ4n) is 1.23. The molecule has 0 spiro atoms. The normalized spacial score (nSPS) is 10.1. The molecule has 0 aliphatic rings. The summed E-state index contributed by atoms with van der Waals surface area (Å²) >= 11 is 0. The standard InChI is InChI=1S/C9H9BN2O2/c13-10(14)8-1-3-9(4-2-8)12-6-5-11-7-12/h1-7,13-14H. The fraction of sp³-hybridized carbons (Fsp3) is 0. The van der Waals surface area contributed by atoms with Crippen LogP contribution in [0.15, 0.2) is 43.0 Å². The van der Waals surface area contributed by atoms with Gasteiger partial charge in [-0.3, -0.25) is 0 Å². The lowest BCUT2D eigenvalue weighted by Crippen LogP contribution is -2.29. The van der Waals surface area contributed by atoms with Crippen LogP contribution in [0.25, 0.3) is 5.69 Å². The molecule has 1 aromatic carbocycles. The molecule has 2 rings (SSSR count). The van der Waals surface area contributed by atoms with Gasteiger partial charge in [-0.25, -0.2) is 4.98 Å². The summed E-state index contributed by atoms with van der Waals surface area (Å²) in [6.07, 6.45) is 5.20. The largest absolute Gasteiger partial charge is 0.488 e. The van der Waals surface area contributed by atoms with E-state index in [-0.39, 0.29) is 0 Å². The fourth-order valence-corrected chi connectivity index (χ4v) is 1.23. The highest BCUT2D eigenvalue weighted by Crippen LogP contribution is 2.04. The number of rotatable bonds is 2. The topological polar surface area (TPSA) is 58.3 Å². The summed E-state index contributed by atoms with van der Waals surface area (Å²) in [5.41, 5.74) is 1.42. The monoisotopic (exact) mass is 188 g/mol. The van der Waals surface area contributed by atoms with Gasteiger partial charge in [-0.15, -0.1) is 0 Å². The first-order valence-electron chi connectivity index (χ1n) is 4.22. The average Bonchev–Trinajstić information content (AvgIpc) is 2.71. The smallest absolute Gasteiger partial charge is 0.423 e.